The van der Waals surface area contributed by atoms with Crippen LogP contribution >= 0.6 is 0 Å². The largest absolute Gasteiger partial charge is 0.573 e. The Labute approximate surface area is 119 Å². The molecule has 0 amide bonds. The molecule has 0 spiro atoms. The van der Waals surface area contributed by atoms with E-state index in [2.05, 4.69) is 9.72 Å². The number of hydrogen-bond donors (Lipinski definition) is 0. The average molecular weight is 325 g/mol. The molecule has 2 rings (SSSR count). The van der Waals surface area contributed by atoms with Gasteiger partial charge in [0.05, 0.1) is 0 Å². The molecule has 0 fully saturated rings. The van der Waals surface area contributed by atoms with Crippen molar-refractivity contribution < 1.29 is 35.5 Å². The minimum absolute atomic E-state index is 0.431. The summed E-state index contributed by atoms with van der Waals surface area (Å²) >= 11 is 0. The van der Waals surface area contributed by atoms with Gasteiger partial charge in [0.1, 0.15) is 11.6 Å². The first kappa shape index (κ1) is 16.1. The number of ether oxygens (including phenoxy) is 1. The van der Waals surface area contributed by atoms with E-state index < -0.39 is 40.9 Å². The quantitative estimate of drug-likeness (QED) is 0.740. The van der Waals surface area contributed by atoms with Gasteiger partial charge < -0.3 is 4.74 Å². The van der Waals surface area contributed by atoms with Gasteiger partial charge in [-0.1, -0.05) is 12.1 Å². The van der Waals surface area contributed by atoms with Gasteiger partial charge in [0.15, 0.2) is 5.69 Å². The van der Waals surface area contributed by atoms with E-state index >= 15 is 0 Å². The number of halogens is 7. The lowest BCUT2D eigenvalue weighted by atomic mass is 10.0. The second-order valence-electron chi connectivity index (χ2n) is 4.09. The summed E-state index contributed by atoms with van der Waals surface area (Å²) in [5, 5.41) is 0. The van der Waals surface area contributed by atoms with Crippen LogP contribution in [0.4, 0.5) is 30.7 Å². The van der Waals surface area contributed by atoms with E-state index in [4.69, 9.17) is 0 Å². The third-order valence-corrected chi connectivity index (χ3v) is 2.52. The zero-order chi connectivity index (χ0) is 16.5. The highest BCUT2D eigenvalue weighted by atomic mass is 19.4. The van der Waals surface area contributed by atoms with Crippen LogP contribution in [-0.4, -0.2) is 11.3 Å². The van der Waals surface area contributed by atoms with Gasteiger partial charge in [0.2, 0.25) is 0 Å². The molecule has 9 heteroatoms. The number of nitrogens with zero attached hydrogens (tertiary/aromatic N) is 1. The van der Waals surface area contributed by atoms with Gasteiger partial charge in [-0.3, -0.25) is 4.98 Å². The van der Waals surface area contributed by atoms with E-state index in [0.717, 1.165) is 18.2 Å². The maximum Gasteiger partial charge on any atom is 0.573 e. The fourth-order valence-electron chi connectivity index (χ4n) is 1.78. The maximum atomic E-state index is 13.7. The summed E-state index contributed by atoms with van der Waals surface area (Å²) in [6, 6.07) is 4.27. The molecule has 0 radical (unpaired) electrons. The monoisotopic (exact) mass is 325 g/mol. The summed E-state index contributed by atoms with van der Waals surface area (Å²) in [6.45, 7) is 0. The van der Waals surface area contributed by atoms with Crippen LogP contribution in [0.1, 0.15) is 5.69 Å². The van der Waals surface area contributed by atoms with E-state index in [0.29, 0.717) is 18.3 Å². The normalized spacial score (nSPS) is 12.3. The third kappa shape index (κ3) is 3.66. The Morgan fingerprint density at radius 1 is 0.955 bits per heavy atom. The summed E-state index contributed by atoms with van der Waals surface area (Å²) in [7, 11) is 0. The van der Waals surface area contributed by atoms with Crippen LogP contribution in [-0.2, 0) is 6.18 Å². The minimum Gasteiger partial charge on any atom is -0.406 e. The van der Waals surface area contributed by atoms with E-state index in [9.17, 15) is 30.7 Å². The molecule has 0 N–H and O–H groups in total. The molecule has 22 heavy (non-hydrogen) atoms. The zero-order valence-corrected chi connectivity index (χ0v) is 10.5. The molecule has 0 saturated carbocycles. The van der Waals surface area contributed by atoms with Crippen LogP contribution in [0.25, 0.3) is 11.1 Å². The Morgan fingerprint density at radius 2 is 1.64 bits per heavy atom. The summed E-state index contributed by atoms with van der Waals surface area (Å²) in [5.41, 5.74) is -2.90. The number of benzene rings is 1. The van der Waals surface area contributed by atoms with Crippen LogP contribution < -0.4 is 4.74 Å². The van der Waals surface area contributed by atoms with Gasteiger partial charge >= 0.3 is 12.5 Å². The number of pyridine rings is 1. The molecule has 2 aromatic rings. The predicted octanol–water partition coefficient (Wildman–Crippen LogP) is 4.81. The fourth-order valence-corrected chi connectivity index (χ4v) is 1.78. The summed E-state index contributed by atoms with van der Waals surface area (Å²) in [5.74, 6) is -2.02. The highest BCUT2D eigenvalue weighted by Gasteiger charge is 2.37. The van der Waals surface area contributed by atoms with E-state index in [1.165, 1.54) is 0 Å². The first-order valence-electron chi connectivity index (χ1n) is 5.66. The van der Waals surface area contributed by atoms with E-state index in [1.54, 1.807) is 0 Å². The Kier molecular flexibility index (Phi) is 3.99. The van der Waals surface area contributed by atoms with Crippen LogP contribution in [0.2, 0.25) is 0 Å². The van der Waals surface area contributed by atoms with Crippen LogP contribution in [0.5, 0.6) is 5.75 Å². The molecule has 0 aliphatic heterocycles. The highest BCUT2D eigenvalue weighted by Crippen LogP contribution is 2.38. The topological polar surface area (TPSA) is 22.1 Å². The lowest BCUT2D eigenvalue weighted by molar-refractivity contribution is -0.274. The lowest BCUT2D eigenvalue weighted by Crippen LogP contribution is -2.17. The molecule has 0 aliphatic carbocycles. The fraction of sp³-hybridized carbons (Fsp3) is 0.154. The Morgan fingerprint density at radius 3 is 2.23 bits per heavy atom. The number of aromatic nitrogens is 1. The van der Waals surface area contributed by atoms with Gasteiger partial charge in [-0.15, -0.1) is 13.2 Å². The van der Waals surface area contributed by atoms with Crippen molar-refractivity contribution in [2.24, 2.45) is 0 Å². The summed E-state index contributed by atoms with van der Waals surface area (Å²) in [4.78, 5) is 3.06. The molecule has 0 atom stereocenters. The van der Waals surface area contributed by atoms with E-state index in [1.807, 2.05) is 0 Å². The minimum atomic E-state index is -5.01. The molecule has 0 aliphatic rings. The number of hydrogen-bond acceptors (Lipinski definition) is 2. The Hall–Kier alpha value is -2.32. The second-order valence-corrected chi connectivity index (χ2v) is 4.09. The van der Waals surface area contributed by atoms with Gasteiger partial charge in [0.25, 0.3) is 0 Å². The molecule has 2 nitrogen and oxygen atoms in total. The van der Waals surface area contributed by atoms with Crippen molar-refractivity contribution >= 4 is 0 Å². The van der Waals surface area contributed by atoms with Crippen molar-refractivity contribution in [2.75, 3.05) is 0 Å². The van der Waals surface area contributed by atoms with Crippen molar-refractivity contribution in [3.8, 4) is 16.9 Å². The van der Waals surface area contributed by atoms with Crippen molar-refractivity contribution in [1.29, 1.82) is 0 Å². The van der Waals surface area contributed by atoms with Crippen LogP contribution in [0.3, 0.4) is 0 Å². The van der Waals surface area contributed by atoms with Crippen molar-refractivity contribution in [2.45, 2.75) is 12.5 Å². The van der Waals surface area contributed by atoms with Crippen LogP contribution in [0.15, 0.2) is 36.5 Å². The molecule has 118 valence electrons. The molecular weight excluding hydrogens is 319 g/mol. The standard InChI is InChI=1S/C13H6F7NO/c14-9-4-5-21-11(12(15,16)17)10(9)7-2-1-3-8(6-7)22-13(18,19)20/h1-6H. The van der Waals surface area contributed by atoms with Gasteiger partial charge in [-0.25, -0.2) is 4.39 Å². The Balaban J connectivity index is 2.56. The average Bonchev–Trinajstić information content (AvgIpc) is 2.35. The zero-order valence-electron chi connectivity index (χ0n) is 10.5. The predicted molar refractivity (Wildman–Crippen MR) is 61.3 cm³/mol. The van der Waals surface area contributed by atoms with Crippen molar-refractivity contribution in [3.05, 3.63) is 48.0 Å². The smallest absolute Gasteiger partial charge is 0.406 e. The van der Waals surface area contributed by atoms with Crippen molar-refractivity contribution in [3.63, 3.8) is 0 Å². The maximum absolute atomic E-state index is 13.7. The van der Waals surface area contributed by atoms with Gasteiger partial charge in [-0.05, 0) is 23.8 Å². The Bertz CT molecular complexity index is 679. The second kappa shape index (κ2) is 5.47. The molecular formula is C13H6F7NO. The molecule has 1 aromatic heterocycles. The third-order valence-electron chi connectivity index (χ3n) is 2.52. The highest BCUT2D eigenvalue weighted by molar-refractivity contribution is 5.68. The SMILES string of the molecule is Fc1ccnc(C(F)(F)F)c1-c1cccc(OC(F)(F)F)c1. The molecule has 0 unspecified atom stereocenters. The summed E-state index contributed by atoms with van der Waals surface area (Å²) in [6.07, 6.45) is -9.35. The number of rotatable bonds is 2. The molecule has 1 aromatic carbocycles. The van der Waals surface area contributed by atoms with Gasteiger partial charge in [0, 0.05) is 11.8 Å². The lowest BCUT2D eigenvalue weighted by Gasteiger charge is -2.14. The van der Waals surface area contributed by atoms with Crippen molar-refractivity contribution in [1.82, 2.24) is 4.98 Å². The molecule has 1 heterocycles. The molecule has 0 saturated heterocycles. The van der Waals surface area contributed by atoms with Crippen LogP contribution in [0, 0.1) is 5.82 Å². The molecule has 0 bridgehead atoms. The first-order chi connectivity index (χ1) is 10.1. The van der Waals surface area contributed by atoms with E-state index in [-0.39, 0.29) is 0 Å². The van der Waals surface area contributed by atoms with Gasteiger partial charge in [-0.2, -0.15) is 13.2 Å². The number of alkyl halides is 6. The summed E-state index contributed by atoms with van der Waals surface area (Å²) < 4.78 is 92.3. The first-order valence-corrected chi connectivity index (χ1v) is 5.66.